The van der Waals surface area contributed by atoms with E-state index in [9.17, 15) is 9.59 Å². The molecule has 1 aromatic carbocycles. The molecule has 152 valence electrons. The van der Waals surface area contributed by atoms with Crippen molar-refractivity contribution >= 4 is 29.9 Å². The molecule has 2 heterocycles. The number of amides is 2. The topological polar surface area (TPSA) is 101 Å². The number of hydrogen-bond acceptors (Lipinski definition) is 5. The van der Waals surface area contributed by atoms with Crippen molar-refractivity contribution in [2.24, 2.45) is 5.92 Å². The third-order valence-electron chi connectivity index (χ3n) is 4.62. The minimum atomic E-state index is -0.243. The average Bonchev–Trinajstić information content (AvgIpc) is 3.18. The zero-order valence-corrected chi connectivity index (χ0v) is 17.0. The number of nitrogens with one attached hydrogen (secondary N) is 3. The van der Waals surface area contributed by atoms with E-state index < -0.39 is 0 Å². The van der Waals surface area contributed by atoms with Crippen molar-refractivity contribution in [3.63, 3.8) is 0 Å². The first kappa shape index (κ1) is 21.8. The number of benzene rings is 1. The number of piperidine rings is 1. The van der Waals surface area contributed by atoms with Gasteiger partial charge in [0.15, 0.2) is 5.69 Å². The van der Waals surface area contributed by atoms with Crippen LogP contribution in [0.3, 0.4) is 0 Å². The lowest BCUT2D eigenvalue weighted by Gasteiger charge is -2.22. The molecular formula is C19H27ClN6O2. The largest absolute Gasteiger partial charge is 0.347 e. The first-order chi connectivity index (χ1) is 13.0. The summed E-state index contributed by atoms with van der Waals surface area (Å²) in [5.41, 5.74) is 2.01. The Morgan fingerprint density at radius 2 is 1.89 bits per heavy atom. The van der Waals surface area contributed by atoms with E-state index in [4.69, 9.17) is 0 Å². The highest BCUT2D eigenvalue weighted by Crippen LogP contribution is 2.17. The van der Waals surface area contributed by atoms with Gasteiger partial charge in [0.1, 0.15) is 0 Å². The van der Waals surface area contributed by atoms with Crippen molar-refractivity contribution in [2.45, 2.75) is 39.3 Å². The summed E-state index contributed by atoms with van der Waals surface area (Å²) in [5.74, 6) is -0.331. The molecule has 2 amide bonds. The molecule has 1 aromatic heterocycles. The Hall–Kier alpha value is -2.45. The Balaban J connectivity index is 0.00000280. The van der Waals surface area contributed by atoms with E-state index in [0.29, 0.717) is 18.3 Å². The number of carbonyl (C=O) groups excluding carboxylic acids is 2. The van der Waals surface area contributed by atoms with Gasteiger partial charge in [0, 0.05) is 18.2 Å². The molecular weight excluding hydrogens is 380 g/mol. The van der Waals surface area contributed by atoms with E-state index in [0.717, 1.165) is 37.2 Å². The van der Waals surface area contributed by atoms with Gasteiger partial charge in [-0.2, -0.15) is 0 Å². The number of aromatic nitrogens is 3. The monoisotopic (exact) mass is 406 g/mol. The summed E-state index contributed by atoms with van der Waals surface area (Å²) in [6.07, 6.45) is 3.70. The van der Waals surface area contributed by atoms with Crippen molar-refractivity contribution in [3.05, 3.63) is 41.7 Å². The molecule has 0 atom stereocenters. The average molecular weight is 407 g/mol. The molecule has 0 aliphatic carbocycles. The van der Waals surface area contributed by atoms with Crippen LogP contribution in [0, 0.1) is 5.92 Å². The fourth-order valence-corrected chi connectivity index (χ4v) is 2.90. The van der Waals surface area contributed by atoms with Crippen LogP contribution in [0.1, 0.15) is 48.8 Å². The Kier molecular flexibility index (Phi) is 7.95. The highest BCUT2D eigenvalue weighted by molar-refractivity contribution is 5.92. The number of anilines is 1. The van der Waals surface area contributed by atoms with Crippen LogP contribution in [0.15, 0.2) is 30.5 Å². The summed E-state index contributed by atoms with van der Waals surface area (Å²) in [5, 5.41) is 17.1. The van der Waals surface area contributed by atoms with E-state index in [1.807, 2.05) is 38.1 Å². The smallest absolute Gasteiger partial charge is 0.273 e. The molecule has 28 heavy (non-hydrogen) atoms. The quantitative estimate of drug-likeness (QED) is 0.682. The van der Waals surface area contributed by atoms with Gasteiger partial charge in [-0.15, -0.1) is 17.5 Å². The highest BCUT2D eigenvalue weighted by atomic mass is 35.5. The zero-order chi connectivity index (χ0) is 19.2. The molecule has 0 saturated carbocycles. The first-order valence-electron chi connectivity index (χ1n) is 9.33. The molecule has 0 bridgehead atoms. The molecule has 9 heteroatoms. The van der Waals surface area contributed by atoms with Crippen LogP contribution in [-0.4, -0.2) is 39.9 Å². The van der Waals surface area contributed by atoms with Gasteiger partial charge in [-0.05, 0) is 43.6 Å². The van der Waals surface area contributed by atoms with Gasteiger partial charge in [-0.1, -0.05) is 31.2 Å². The van der Waals surface area contributed by atoms with Gasteiger partial charge in [0.2, 0.25) is 5.91 Å². The van der Waals surface area contributed by atoms with Gasteiger partial charge in [-0.25, -0.2) is 4.68 Å². The summed E-state index contributed by atoms with van der Waals surface area (Å²) in [7, 11) is 0. The predicted molar refractivity (Wildman–Crippen MR) is 109 cm³/mol. The fourth-order valence-electron chi connectivity index (χ4n) is 2.90. The van der Waals surface area contributed by atoms with Gasteiger partial charge in [-0.3, -0.25) is 9.59 Å². The molecule has 0 radical (unpaired) electrons. The Labute approximate surface area is 170 Å². The first-order valence-corrected chi connectivity index (χ1v) is 9.33. The predicted octanol–water partition coefficient (Wildman–Crippen LogP) is 2.15. The summed E-state index contributed by atoms with van der Waals surface area (Å²) < 4.78 is 1.79. The minimum absolute atomic E-state index is 0. The molecule has 0 unspecified atom stereocenters. The SMILES string of the molecule is CC(C)C(=O)Nc1ccc(CNC(=O)c2cn(C3CCNCC3)nn2)cc1.Cl. The lowest BCUT2D eigenvalue weighted by molar-refractivity contribution is -0.118. The molecule has 1 fully saturated rings. The van der Waals surface area contributed by atoms with Crippen LogP contribution in [0.25, 0.3) is 0 Å². The second kappa shape index (κ2) is 10.2. The maximum absolute atomic E-state index is 12.3. The van der Waals surface area contributed by atoms with Gasteiger partial charge in [0.05, 0.1) is 12.2 Å². The summed E-state index contributed by atoms with van der Waals surface area (Å²) in [4.78, 5) is 24.0. The number of hydrogen-bond donors (Lipinski definition) is 3. The summed E-state index contributed by atoms with van der Waals surface area (Å²) >= 11 is 0. The maximum Gasteiger partial charge on any atom is 0.273 e. The normalized spacial score (nSPS) is 14.4. The molecule has 0 spiro atoms. The van der Waals surface area contributed by atoms with Gasteiger partial charge >= 0.3 is 0 Å². The van der Waals surface area contributed by atoms with Gasteiger partial charge < -0.3 is 16.0 Å². The molecule has 3 rings (SSSR count). The van der Waals surface area contributed by atoms with Crippen molar-refractivity contribution in [1.29, 1.82) is 0 Å². The van der Waals surface area contributed by atoms with Crippen molar-refractivity contribution < 1.29 is 9.59 Å². The van der Waals surface area contributed by atoms with E-state index in [-0.39, 0.29) is 30.1 Å². The van der Waals surface area contributed by atoms with Crippen molar-refractivity contribution in [2.75, 3.05) is 18.4 Å². The zero-order valence-electron chi connectivity index (χ0n) is 16.1. The van der Waals surface area contributed by atoms with Crippen LogP contribution in [0.2, 0.25) is 0 Å². The Bertz CT molecular complexity index is 784. The lowest BCUT2D eigenvalue weighted by Crippen LogP contribution is -2.29. The second-order valence-corrected chi connectivity index (χ2v) is 7.09. The van der Waals surface area contributed by atoms with Crippen LogP contribution in [-0.2, 0) is 11.3 Å². The van der Waals surface area contributed by atoms with Crippen molar-refractivity contribution in [1.82, 2.24) is 25.6 Å². The number of rotatable bonds is 6. The Morgan fingerprint density at radius 1 is 1.21 bits per heavy atom. The molecule has 1 saturated heterocycles. The molecule has 1 aliphatic rings. The number of halogens is 1. The van der Waals surface area contributed by atoms with Crippen LogP contribution in [0.4, 0.5) is 5.69 Å². The lowest BCUT2D eigenvalue weighted by atomic mass is 10.1. The van der Waals surface area contributed by atoms with Crippen LogP contribution in [0.5, 0.6) is 0 Å². The van der Waals surface area contributed by atoms with E-state index in [2.05, 4.69) is 26.3 Å². The number of carbonyl (C=O) groups is 2. The Morgan fingerprint density at radius 3 is 2.54 bits per heavy atom. The fraction of sp³-hybridized carbons (Fsp3) is 0.474. The molecule has 3 N–H and O–H groups in total. The van der Waals surface area contributed by atoms with E-state index >= 15 is 0 Å². The standard InChI is InChI=1S/C19H26N6O2.ClH/c1-13(2)18(26)22-15-5-3-14(4-6-15)11-21-19(27)17-12-25(24-23-17)16-7-9-20-10-8-16;/h3-6,12-13,16,20H,7-11H2,1-2H3,(H,21,27)(H,22,26);1H. The van der Waals surface area contributed by atoms with Gasteiger partial charge in [0.25, 0.3) is 5.91 Å². The minimum Gasteiger partial charge on any atom is -0.347 e. The van der Waals surface area contributed by atoms with E-state index in [1.54, 1.807) is 10.9 Å². The molecule has 2 aromatic rings. The van der Waals surface area contributed by atoms with Crippen molar-refractivity contribution in [3.8, 4) is 0 Å². The maximum atomic E-state index is 12.3. The second-order valence-electron chi connectivity index (χ2n) is 7.09. The molecule has 1 aliphatic heterocycles. The van der Waals surface area contributed by atoms with Crippen LogP contribution < -0.4 is 16.0 Å². The summed E-state index contributed by atoms with van der Waals surface area (Å²) in [6, 6.07) is 7.71. The highest BCUT2D eigenvalue weighted by Gasteiger charge is 2.18. The molecule has 8 nitrogen and oxygen atoms in total. The number of nitrogens with zero attached hydrogens (tertiary/aromatic N) is 3. The summed E-state index contributed by atoms with van der Waals surface area (Å²) in [6.45, 7) is 6.00. The third kappa shape index (κ3) is 5.77. The van der Waals surface area contributed by atoms with E-state index in [1.165, 1.54) is 0 Å². The van der Waals surface area contributed by atoms with Crippen LogP contribution >= 0.6 is 12.4 Å². The third-order valence-corrected chi connectivity index (χ3v) is 4.62.